The number of benzene rings is 2. The van der Waals surface area contributed by atoms with Gasteiger partial charge in [-0.1, -0.05) is 0 Å². The quantitative estimate of drug-likeness (QED) is 0.248. The number of hydrogen-bond donors (Lipinski definition) is 2. The molecule has 40 heavy (non-hydrogen) atoms. The second-order valence-corrected chi connectivity index (χ2v) is 11.6. The predicted octanol–water partition coefficient (Wildman–Crippen LogP) is 5.32. The first-order valence-electron chi connectivity index (χ1n) is 12.1. The molecule has 1 aliphatic heterocycles. The monoisotopic (exact) mass is 596 g/mol. The van der Waals surface area contributed by atoms with E-state index in [1.165, 1.54) is 55.6 Å². The van der Waals surface area contributed by atoms with Crippen LogP contribution >= 0.6 is 11.8 Å². The summed E-state index contributed by atoms with van der Waals surface area (Å²) in [7, 11) is -3.90. The third-order valence-electron chi connectivity index (χ3n) is 6.04. The summed E-state index contributed by atoms with van der Waals surface area (Å²) in [6, 6.07) is 13.5. The van der Waals surface area contributed by atoms with Gasteiger partial charge in [0, 0.05) is 42.5 Å². The predicted molar refractivity (Wildman–Crippen MR) is 146 cm³/mol. The van der Waals surface area contributed by atoms with Gasteiger partial charge in [0.1, 0.15) is 18.0 Å². The molecule has 0 radical (unpaired) electrons. The first-order valence-corrected chi connectivity index (χ1v) is 14.8. The minimum Gasteiger partial charge on any atom is -0.372 e. The van der Waals surface area contributed by atoms with E-state index in [0.717, 1.165) is 24.5 Å². The van der Waals surface area contributed by atoms with Crippen LogP contribution in [-0.2, 0) is 19.7 Å². The van der Waals surface area contributed by atoms with Crippen molar-refractivity contribution in [1.29, 1.82) is 0 Å². The zero-order chi connectivity index (χ0) is 28.9. The minimum atomic E-state index is -5.35. The number of nitrogens with one attached hydrogen (secondary N) is 2. The summed E-state index contributed by atoms with van der Waals surface area (Å²) in [6.07, 6.45) is 1.38. The average molecular weight is 597 g/mol. The molecule has 3 aromatic rings. The molecule has 15 heteroatoms. The lowest BCUT2D eigenvalue weighted by atomic mass is 10.1. The van der Waals surface area contributed by atoms with E-state index in [1.807, 2.05) is 24.3 Å². The topological polar surface area (TPSA) is 117 Å². The Morgan fingerprint density at radius 1 is 1.00 bits per heavy atom. The first kappa shape index (κ1) is 29.4. The molecule has 2 heterocycles. The zero-order valence-corrected chi connectivity index (χ0v) is 23.2. The van der Waals surface area contributed by atoms with Crippen LogP contribution in [0.4, 0.5) is 41.9 Å². The number of hydrogen-bond acceptors (Lipinski definition) is 10. The summed E-state index contributed by atoms with van der Waals surface area (Å²) >= 11 is 1.31. The molecule has 2 N–H and O–H groups in total. The van der Waals surface area contributed by atoms with Crippen LogP contribution in [-0.4, -0.2) is 61.4 Å². The lowest BCUT2D eigenvalue weighted by Crippen LogP contribution is -2.36. The maximum atomic E-state index is 12.8. The summed E-state index contributed by atoms with van der Waals surface area (Å²) < 4.78 is 63.1. The molecule has 10 nitrogen and oxygen atoms in total. The zero-order valence-electron chi connectivity index (χ0n) is 21.6. The number of hydroxylamine groups is 1. The Bertz CT molecular complexity index is 1450. The van der Waals surface area contributed by atoms with Crippen molar-refractivity contribution < 1.29 is 31.2 Å². The number of thioether (sulfide) groups is 1. The fraction of sp³-hybridized carbons (Fsp3) is 0.320. The molecule has 1 aromatic heterocycles. The number of alkyl halides is 3. The van der Waals surface area contributed by atoms with E-state index in [9.17, 15) is 26.4 Å². The highest BCUT2D eigenvalue weighted by Crippen LogP contribution is 2.32. The van der Waals surface area contributed by atoms with Crippen molar-refractivity contribution in [2.75, 3.05) is 41.9 Å². The average Bonchev–Trinajstić information content (AvgIpc) is 2.93. The maximum Gasteiger partial charge on any atom is 0.492 e. The van der Waals surface area contributed by atoms with Crippen molar-refractivity contribution in [1.82, 2.24) is 14.4 Å². The molecule has 1 fully saturated rings. The van der Waals surface area contributed by atoms with Gasteiger partial charge in [0.25, 0.3) is 10.0 Å². The van der Waals surface area contributed by atoms with Crippen LogP contribution < -0.4 is 15.5 Å². The van der Waals surface area contributed by atoms with Gasteiger partial charge in [-0.25, -0.2) is 23.2 Å². The third-order valence-corrected chi connectivity index (χ3v) is 8.44. The van der Waals surface area contributed by atoms with Crippen LogP contribution in [0.5, 0.6) is 0 Å². The summed E-state index contributed by atoms with van der Waals surface area (Å²) in [5, 5.41) is 6.24. The third kappa shape index (κ3) is 7.14. The van der Waals surface area contributed by atoms with Crippen molar-refractivity contribution in [3.63, 3.8) is 0 Å². The lowest BCUT2D eigenvalue weighted by molar-refractivity contribution is -0.219. The molecule has 0 atom stereocenters. The molecule has 1 saturated heterocycles. The summed E-state index contributed by atoms with van der Waals surface area (Å²) in [5.74, 6) is -1.83. The number of sulfonamides is 1. The molecule has 0 spiro atoms. The molecule has 0 bridgehead atoms. The van der Waals surface area contributed by atoms with Crippen molar-refractivity contribution in [2.45, 2.75) is 35.2 Å². The number of piperidine rings is 1. The van der Waals surface area contributed by atoms with Gasteiger partial charge < -0.3 is 20.4 Å². The van der Waals surface area contributed by atoms with E-state index in [2.05, 4.69) is 30.3 Å². The molecule has 0 aliphatic carbocycles. The van der Waals surface area contributed by atoms with Gasteiger partial charge >= 0.3 is 12.1 Å². The highest BCUT2D eigenvalue weighted by molar-refractivity contribution is 7.98. The Hall–Kier alpha value is -3.56. The van der Waals surface area contributed by atoms with Crippen LogP contribution in [0.15, 0.2) is 64.6 Å². The number of anilines is 5. The molecule has 0 amide bonds. The van der Waals surface area contributed by atoms with E-state index in [-0.39, 0.29) is 4.47 Å². The second kappa shape index (κ2) is 12.3. The maximum absolute atomic E-state index is 12.8. The molecule has 214 valence electrons. The van der Waals surface area contributed by atoms with Crippen molar-refractivity contribution in [3.05, 3.63) is 54.9 Å². The van der Waals surface area contributed by atoms with E-state index < -0.39 is 27.1 Å². The van der Waals surface area contributed by atoms with E-state index in [1.54, 1.807) is 12.3 Å². The molecule has 0 unspecified atom stereocenters. The number of carbonyl (C=O) groups excluding carboxylic acids is 1. The molecule has 4 rings (SSSR count). The van der Waals surface area contributed by atoms with Crippen LogP contribution in [0, 0.1) is 0 Å². The van der Waals surface area contributed by atoms with E-state index in [0.29, 0.717) is 29.3 Å². The minimum absolute atomic E-state index is 0.121. The summed E-state index contributed by atoms with van der Waals surface area (Å²) in [5.41, 5.74) is 2.30. The number of nitrogens with zero attached hydrogens (tertiary/aromatic N) is 4. The highest BCUT2D eigenvalue weighted by atomic mass is 32.2. The standard InChI is InChI=1S/C25H27F3N6O4S2/c1-33(38-24(35)25(26,27)28)40(36,37)19-10-11-21(39-2)20(14-19)32-23-15-22(29-16-30-23)31-17-6-8-18(9-7-17)34-12-4-3-5-13-34/h6-11,14-16H,3-5,12-13H2,1-2H3,(H2,29,30,31,32). The Kier molecular flexibility index (Phi) is 9.05. The smallest absolute Gasteiger partial charge is 0.372 e. The van der Waals surface area contributed by atoms with Crippen LogP contribution in [0.1, 0.15) is 19.3 Å². The molecule has 1 aliphatic rings. The van der Waals surface area contributed by atoms with Crippen molar-refractivity contribution >= 4 is 56.5 Å². The van der Waals surface area contributed by atoms with Crippen LogP contribution in [0.3, 0.4) is 0 Å². The van der Waals surface area contributed by atoms with Gasteiger partial charge in [-0.15, -0.1) is 11.8 Å². The van der Waals surface area contributed by atoms with Gasteiger partial charge in [-0.2, -0.15) is 13.2 Å². The van der Waals surface area contributed by atoms with Crippen molar-refractivity contribution in [2.24, 2.45) is 0 Å². The molecule has 2 aromatic carbocycles. The number of rotatable bonds is 9. The largest absolute Gasteiger partial charge is 0.492 e. The highest BCUT2D eigenvalue weighted by Gasteiger charge is 2.43. The van der Waals surface area contributed by atoms with E-state index in [4.69, 9.17) is 0 Å². The SMILES string of the molecule is CSc1ccc(S(=O)(=O)N(C)OC(=O)C(F)(F)F)cc1Nc1cc(Nc2ccc(N3CCCCC3)cc2)ncn1. The van der Waals surface area contributed by atoms with Crippen LogP contribution in [0.2, 0.25) is 0 Å². The lowest BCUT2D eigenvalue weighted by Gasteiger charge is -2.28. The van der Waals surface area contributed by atoms with Gasteiger partial charge in [0.05, 0.1) is 10.6 Å². The fourth-order valence-corrected chi connectivity index (χ4v) is 5.50. The Labute approximate surface area is 233 Å². The first-order chi connectivity index (χ1) is 19.0. The number of halogens is 3. The Morgan fingerprint density at radius 3 is 2.27 bits per heavy atom. The number of aromatic nitrogens is 2. The van der Waals surface area contributed by atoms with Gasteiger partial charge in [0.2, 0.25) is 0 Å². The Morgan fingerprint density at radius 2 is 1.65 bits per heavy atom. The van der Waals surface area contributed by atoms with Gasteiger partial charge in [-0.05, 0) is 72.5 Å². The summed E-state index contributed by atoms with van der Waals surface area (Å²) in [6.45, 7) is 2.09. The number of carbonyl (C=O) groups is 1. The van der Waals surface area contributed by atoms with E-state index >= 15 is 0 Å². The fourth-order valence-electron chi connectivity index (χ4n) is 4.00. The molecular formula is C25H27F3N6O4S2. The normalized spacial score (nSPS) is 14.2. The van der Waals surface area contributed by atoms with Crippen LogP contribution in [0.25, 0.3) is 0 Å². The van der Waals surface area contributed by atoms with Gasteiger partial charge in [0.15, 0.2) is 0 Å². The van der Waals surface area contributed by atoms with Gasteiger partial charge in [-0.3, -0.25) is 0 Å². The van der Waals surface area contributed by atoms with Crippen molar-refractivity contribution in [3.8, 4) is 0 Å². The molecule has 0 saturated carbocycles. The second-order valence-electron chi connectivity index (χ2n) is 8.79. The Balaban J connectivity index is 1.50. The molecular weight excluding hydrogens is 569 g/mol. The summed E-state index contributed by atoms with van der Waals surface area (Å²) in [4.78, 5) is 26.1.